The van der Waals surface area contributed by atoms with Crippen molar-refractivity contribution in [3.8, 4) is 0 Å². The number of rotatable bonds is 5. The fourth-order valence-corrected chi connectivity index (χ4v) is 3.29. The van der Waals surface area contributed by atoms with E-state index in [-0.39, 0.29) is 6.61 Å². The van der Waals surface area contributed by atoms with Crippen LogP contribution in [0.15, 0.2) is 30.3 Å². The van der Waals surface area contributed by atoms with Crippen molar-refractivity contribution in [2.75, 3.05) is 13.7 Å². The van der Waals surface area contributed by atoms with Gasteiger partial charge in [-0.1, -0.05) is 30.3 Å². The van der Waals surface area contributed by atoms with Gasteiger partial charge < -0.3 is 34.0 Å². The highest BCUT2D eigenvalue weighted by atomic mass is 16.8. The van der Waals surface area contributed by atoms with Crippen LogP contribution in [-0.2, 0) is 38.0 Å². The Balaban J connectivity index is 1.92. The Morgan fingerprint density at radius 3 is 2.45 bits per heavy atom. The van der Waals surface area contributed by atoms with E-state index in [1.54, 1.807) is 20.8 Å². The molecule has 0 radical (unpaired) electrons. The molecule has 0 spiro atoms. The maximum absolute atomic E-state index is 12.7. The molecule has 10 heteroatoms. The van der Waals surface area contributed by atoms with Crippen molar-refractivity contribution in [3.63, 3.8) is 0 Å². The maximum Gasteiger partial charge on any atom is 0.414 e. The van der Waals surface area contributed by atoms with Crippen LogP contribution in [0.5, 0.6) is 0 Å². The van der Waals surface area contributed by atoms with Crippen LogP contribution in [0.25, 0.3) is 5.53 Å². The molecule has 0 aliphatic carbocycles. The Morgan fingerprint density at radius 2 is 1.84 bits per heavy atom. The standard InChI is InChI=1S/C21H26N2O8/c1-21(2,3)20(25)31-16-15-13(11-27-18(30-15)12-8-6-5-7-9-12)28-19(26-4)17(16)29-14(24)10-23-22/h5-10,13,15-19H,11H2,1-4H3/t13?,15-,16?,17?,18?,19+/m1/s1. The van der Waals surface area contributed by atoms with E-state index >= 15 is 0 Å². The Kier molecular flexibility index (Phi) is 7.19. The number of hydrogen-bond acceptors (Lipinski definition) is 8. The smallest absolute Gasteiger partial charge is 0.414 e. The SMILES string of the molecule is CO[C@H]1OC2COC(c3ccccc3)O[C@H]2C(OC(=O)C(C)(C)C)C1OC(=O)C=[N+]=[N-]. The van der Waals surface area contributed by atoms with Crippen LogP contribution in [0.3, 0.4) is 0 Å². The van der Waals surface area contributed by atoms with E-state index in [1.165, 1.54) is 7.11 Å². The van der Waals surface area contributed by atoms with Gasteiger partial charge in [-0.3, -0.25) is 4.79 Å². The number of methoxy groups -OCH3 is 1. The number of nitrogens with zero attached hydrogens (tertiary/aromatic N) is 2. The first kappa shape index (κ1) is 23.1. The third-order valence-corrected chi connectivity index (χ3v) is 4.86. The van der Waals surface area contributed by atoms with Gasteiger partial charge >= 0.3 is 18.2 Å². The van der Waals surface area contributed by atoms with Crippen LogP contribution in [-0.4, -0.2) is 67.4 Å². The van der Waals surface area contributed by atoms with Crippen LogP contribution in [0.4, 0.5) is 0 Å². The summed E-state index contributed by atoms with van der Waals surface area (Å²) in [6, 6.07) is 9.26. The molecular formula is C21H26N2O8. The lowest BCUT2D eigenvalue weighted by atomic mass is 9.94. The summed E-state index contributed by atoms with van der Waals surface area (Å²) in [4.78, 5) is 27.4. The number of carbonyl (C=O) groups is 2. The molecular weight excluding hydrogens is 408 g/mol. The van der Waals surface area contributed by atoms with E-state index in [2.05, 4.69) is 4.79 Å². The molecule has 0 N–H and O–H groups in total. The highest BCUT2D eigenvalue weighted by molar-refractivity contribution is 6.20. The molecule has 2 aliphatic heterocycles. The maximum atomic E-state index is 12.7. The third-order valence-electron chi connectivity index (χ3n) is 4.86. The van der Waals surface area contributed by atoms with Crippen LogP contribution >= 0.6 is 0 Å². The second-order valence-corrected chi connectivity index (χ2v) is 8.22. The molecule has 0 bridgehead atoms. The van der Waals surface area contributed by atoms with Crippen LogP contribution in [0.1, 0.15) is 32.6 Å². The van der Waals surface area contributed by atoms with Gasteiger partial charge in [0.25, 0.3) is 0 Å². The molecule has 0 amide bonds. The Morgan fingerprint density at radius 1 is 1.13 bits per heavy atom. The van der Waals surface area contributed by atoms with Gasteiger partial charge in [0.05, 0.1) is 12.0 Å². The second-order valence-electron chi connectivity index (χ2n) is 8.22. The van der Waals surface area contributed by atoms with E-state index in [9.17, 15) is 9.59 Å². The molecule has 168 valence electrons. The number of ether oxygens (including phenoxy) is 6. The van der Waals surface area contributed by atoms with Crippen molar-refractivity contribution in [2.45, 2.75) is 57.8 Å². The number of benzene rings is 1. The molecule has 31 heavy (non-hydrogen) atoms. The number of hydrogen-bond donors (Lipinski definition) is 0. The number of fused-ring (bicyclic) bond motifs is 1. The van der Waals surface area contributed by atoms with Crippen molar-refractivity contribution in [1.82, 2.24) is 0 Å². The van der Waals surface area contributed by atoms with E-state index in [0.717, 1.165) is 5.56 Å². The van der Waals surface area contributed by atoms with E-state index in [4.69, 9.17) is 34.0 Å². The average Bonchev–Trinajstić information content (AvgIpc) is 2.74. The first-order chi connectivity index (χ1) is 14.7. The molecule has 6 atom stereocenters. The van der Waals surface area contributed by atoms with Crippen molar-refractivity contribution in [3.05, 3.63) is 41.4 Å². The molecule has 2 aliphatic rings. The van der Waals surface area contributed by atoms with Gasteiger partial charge in [0, 0.05) is 12.7 Å². The number of esters is 2. The minimum Gasteiger partial charge on any atom is -0.455 e. The molecule has 1 aromatic carbocycles. The lowest BCUT2D eigenvalue weighted by molar-refractivity contribution is -0.359. The van der Waals surface area contributed by atoms with Crippen LogP contribution < -0.4 is 0 Å². The highest BCUT2D eigenvalue weighted by Crippen LogP contribution is 2.37. The molecule has 10 nitrogen and oxygen atoms in total. The largest absolute Gasteiger partial charge is 0.455 e. The summed E-state index contributed by atoms with van der Waals surface area (Å²) in [7, 11) is 1.37. The Labute approximate surface area is 179 Å². The summed E-state index contributed by atoms with van der Waals surface area (Å²) < 4.78 is 34.2. The predicted molar refractivity (Wildman–Crippen MR) is 105 cm³/mol. The zero-order valence-corrected chi connectivity index (χ0v) is 17.8. The summed E-state index contributed by atoms with van der Waals surface area (Å²) in [5, 5.41) is 0. The molecule has 2 saturated heterocycles. The van der Waals surface area contributed by atoms with Gasteiger partial charge in [-0.25, -0.2) is 4.79 Å². The summed E-state index contributed by atoms with van der Waals surface area (Å²) in [5.41, 5.74) is 8.59. The Bertz CT molecular complexity index is 834. The van der Waals surface area contributed by atoms with Gasteiger partial charge in [0.1, 0.15) is 12.2 Å². The first-order valence-corrected chi connectivity index (χ1v) is 9.84. The third kappa shape index (κ3) is 5.36. The normalized spacial score (nSPS) is 30.5. The molecule has 0 saturated carbocycles. The molecule has 4 unspecified atom stereocenters. The van der Waals surface area contributed by atoms with Crippen LogP contribution in [0.2, 0.25) is 0 Å². The summed E-state index contributed by atoms with van der Waals surface area (Å²) >= 11 is 0. The van der Waals surface area contributed by atoms with Gasteiger partial charge in [0.15, 0.2) is 24.8 Å². The predicted octanol–water partition coefficient (Wildman–Crippen LogP) is 1.64. The summed E-state index contributed by atoms with van der Waals surface area (Å²) in [5.74, 6) is -1.48. The van der Waals surface area contributed by atoms with Crippen molar-refractivity contribution < 1.29 is 42.8 Å². The van der Waals surface area contributed by atoms with Crippen molar-refractivity contribution in [1.29, 1.82) is 0 Å². The highest BCUT2D eigenvalue weighted by Gasteiger charge is 2.54. The van der Waals surface area contributed by atoms with E-state index in [0.29, 0.717) is 6.21 Å². The fourth-order valence-electron chi connectivity index (χ4n) is 3.29. The number of carbonyl (C=O) groups excluding carboxylic acids is 2. The van der Waals surface area contributed by atoms with Crippen LogP contribution in [0, 0.1) is 5.41 Å². The minimum absolute atomic E-state index is 0.145. The summed E-state index contributed by atoms with van der Waals surface area (Å²) in [6.07, 6.45) is -4.87. The monoisotopic (exact) mass is 434 g/mol. The molecule has 2 fully saturated rings. The van der Waals surface area contributed by atoms with Gasteiger partial charge in [-0.05, 0) is 20.8 Å². The molecule has 3 rings (SSSR count). The fraction of sp³-hybridized carbons (Fsp3) is 0.571. The zero-order chi connectivity index (χ0) is 22.6. The van der Waals surface area contributed by atoms with Crippen molar-refractivity contribution >= 4 is 18.2 Å². The molecule has 1 aromatic rings. The van der Waals surface area contributed by atoms with Gasteiger partial charge in [0.2, 0.25) is 0 Å². The minimum atomic E-state index is -1.17. The van der Waals surface area contributed by atoms with E-state index in [1.807, 2.05) is 30.3 Å². The Hall–Kier alpha value is -2.62. The molecule has 0 aromatic heterocycles. The quantitative estimate of drug-likeness (QED) is 0.296. The topological polar surface area (TPSA) is 126 Å². The van der Waals surface area contributed by atoms with Gasteiger partial charge in [-0.2, -0.15) is 4.79 Å². The van der Waals surface area contributed by atoms with Gasteiger partial charge in [-0.15, -0.1) is 0 Å². The van der Waals surface area contributed by atoms with Crippen molar-refractivity contribution in [2.24, 2.45) is 5.41 Å². The zero-order valence-electron chi connectivity index (χ0n) is 17.8. The second kappa shape index (κ2) is 9.67. The average molecular weight is 434 g/mol. The summed E-state index contributed by atoms with van der Waals surface area (Å²) in [6.45, 7) is 5.26. The first-order valence-electron chi connectivity index (χ1n) is 9.84. The van der Waals surface area contributed by atoms with E-state index < -0.39 is 54.3 Å². The lowest BCUT2D eigenvalue weighted by Crippen LogP contribution is -2.64. The molecule has 2 heterocycles. The lowest BCUT2D eigenvalue weighted by Gasteiger charge is -2.48.